The fourth-order valence-corrected chi connectivity index (χ4v) is 4.92. The lowest BCUT2D eigenvalue weighted by Gasteiger charge is -2.42. The zero-order valence-electron chi connectivity index (χ0n) is 15.7. The van der Waals surface area contributed by atoms with Gasteiger partial charge in [-0.15, -0.1) is 0 Å². The van der Waals surface area contributed by atoms with Crippen molar-refractivity contribution in [1.29, 1.82) is 0 Å². The SMILES string of the molecule is Cc1ccc(C2=NN3[C@@H](C4CCCCC4)Oc4ccc(Cl)cc4[C@@H]3C2)cc1. The third-order valence-electron chi connectivity index (χ3n) is 6.22. The molecule has 4 heteroatoms. The Morgan fingerprint density at radius 1 is 1.04 bits per heavy atom. The molecule has 3 nitrogen and oxygen atoms in total. The van der Waals surface area contributed by atoms with Crippen LogP contribution in [0.15, 0.2) is 47.6 Å². The van der Waals surface area contributed by atoms with Crippen molar-refractivity contribution < 1.29 is 4.74 Å². The number of hydrogen-bond donors (Lipinski definition) is 0. The zero-order chi connectivity index (χ0) is 18.4. The number of benzene rings is 2. The molecule has 1 fully saturated rings. The van der Waals surface area contributed by atoms with Crippen LogP contribution in [-0.2, 0) is 0 Å². The van der Waals surface area contributed by atoms with Gasteiger partial charge in [0.1, 0.15) is 5.75 Å². The van der Waals surface area contributed by atoms with Crippen molar-refractivity contribution >= 4 is 17.3 Å². The van der Waals surface area contributed by atoms with E-state index in [1.807, 2.05) is 12.1 Å². The van der Waals surface area contributed by atoms with E-state index in [0.717, 1.165) is 22.9 Å². The molecule has 2 aromatic carbocycles. The number of hydrogen-bond acceptors (Lipinski definition) is 3. The molecule has 0 spiro atoms. The lowest BCUT2D eigenvalue weighted by molar-refractivity contribution is -0.0643. The van der Waals surface area contributed by atoms with Crippen molar-refractivity contribution in [2.75, 3.05) is 0 Å². The van der Waals surface area contributed by atoms with Gasteiger partial charge in [-0.05, 0) is 43.5 Å². The summed E-state index contributed by atoms with van der Waals surface area (Å²) in [4.78, 5) is 0. The van der Waals surface area contributed by atoms with Crippen molar-refractivity contribution in [1.82, 2.24) is 5.01 Å². The third kappa shape index (κ3) is 3.12. The van der Waals surface area contributed by atoms with Crippen molar-refractivity contribution in [3.05, 3.63) is 64.2 Å². The molecule has 3 aliphatic rings. The molecule has 2 atom stereocenters. The highest BCUT2D eigenvalue weighted by atomic mass is 35.5. The molecular weight excluding hydrogens is 356 g/mol. The first-order valence-corrected chi connectivity index (χ1v) is 10.5. The zero-order valence-corrected chi connectivity index (χ0v) is 16.5. The summed E-state index contributed by atoms with van der Waals surface area (Å²) in [6.07, 6.45) is 7.33. The largest absolute Gasteiger partial charge is 0.468 e. The number of halogens is 1. The first kappa shape index (κ1) is 17.1. The van der Waals surface area contributed by atoms with Crippen molar-refractivity contribution in [3.8, 4) is 5.75 Å². The highest BCUT2D eigenvalue weighted by molar-refractivity contribution is 6.30. The van der Waals surface area contributed by atoms with Crippen LogP contribution in [0.4, 0.5) is 0 Å². The van der Waals surface area contributed by atoms with Crippen LogP contribution in [0, 0.1) is 12.8 Å². The number of ether oxygens (including phenoxy) is 1. The molecular formula is C23H25ClN2O. The van der Waals surface area contributed by atoms with Gasteiger partial charge in [0.2, 0.25) is 0 Å². The van der Waals surface area contributed by atoms with Crippen LogP contribution < -0.4 is 4.74 Å². The van der Waals surface area contributed by atoms with Crippen molar-refractivity contribution in [3.63, 3.8) is 0 Å². The average molecular weight is 381 g/mol. The van der Waals surface area contributed by atoms with Gasteiger partial charge in [0.25, 0.3) is 0 Å². The van der Waals surface area contributed by atoms with Gasteiger partial charge in [0.15, 0.2) is 6.23 Å². The molecule has 0 bridgehead atoms. The predicted octanol–water partition coefficient (Wildman–Crippen LogP) is 6.10. The van der Waals surface area contributed by atoms with Crippen molar-refractivity contribution in [2.45, 2.75) is 57.7 Å². The molecule has 1 aliphatic carbocycles. The van der Waals surface area contributed by atoms with E-state index in [9.17, 15) is 0 Å². The van der Waals surface area contributed by atoms with E-state index in [-0.39, 0.29) is 12.3 Å². The lowest BCUT2D eigenvalue weighted by atomic mass is 9.86. The van der Waals surface area contributed by atoms with Crippen LogP contribution in [0.2, 0.25) is 5.02 Å². The molecule has 0 saturated heterocycles. The van der Waals surface area contributed by atoms with Gasteiger partial charge >= 0.3 is 0 Å². The van der Waals surface area contributed by atoms with Crippen molar-refractivity contribution in [2.24, 2.45) is 11.0 Å². The minimum atomic E-state index is 0.0342. The predicted molar refractivity (Wildman–Crippen MR) is 109 cm³/mol. The van der Waals surface area contributed by atoms with Gasteiger partial charge in [-0.3, -0.25) is 0 Å². The maximum atomic E-state index is 6.50. The quantitative estimate of drug-likeness (QED) is 0.628. The van der Waals surface area contributed by atoms with Gasteiger partial charge in [0, 0.05) is 22.9 Å². The maximum absolute atomic E-state index is 6.50. The summed E-state index contributed by atoms with van der Waals surface area (Å²) < 4.78 is 6.50. The van der Waals surface area contributed by atoms with Crippen LogP contribution in [0.1, 0.15) is 61.3 Å². The normalized spacial score (nSPS) is 24.8. The number of aryl methyl sites for hydroxylation is 1. The number of nitrogens with zero attached hydrogens (tertiary/aromatic N) is 2. The monoisotopic (exact) mass is 380 g/mol. The fourth-order valence-electron chi connectivity index (χ4n) is 4.74. The fraction of sp³-hybridized carbons (Fsp3) is 0.435. The van der Waals surface area contributed by atoms with E-state index < -0.39 is 0 Å². The molecule has 2 aliphatic heterocycles. The standard InChI is InChI=1S/C23H25ClN2O/c1-15-7-9-16(10-8-15)20-14-21-19-13-18(24)11-12-22(19)27-23(26(21)25-20)17-5-3-2-4-6-17/h7-13,17,21,23H,2-6,14H2,1H3/t21-,23+/m0/s1. The number of hydrazone groups is 1. The molecule has 140 valence electrons. The maximum Gasteiger partial charge on any atom is 0.190 e. The Kier molecular flexibility index (Phi) is 4.35. The smallest absolute Gasteiger partial charge is 0.190 e. The van der Waals surface area contributed by atoms with E-state index in [4.69, 9.17) is 21.4 Å². The van der Waals surface area contributed by atoms with E-state index in [0.29, 0.717) is 5.92 Å². The second-order valence-electron chi connectivity index (χ2n) is 8.10. The topological polar surface area (TPSA) is 24.8 Å². The first-order valence-electron chi connectivity index (χ1n) is 10.1. The van der Waals surface area contributed by atoms with Crippen LogP contribution in [0.25, 0.3) is 0 Å². The summed E-state index contributed by atoms with van der Waals surface area (Å²) in [6.45, 7) is 2.12. The second-order valence-corrected chi connectivity index (χ2v) is 8.54. The lowest BCUT2D eigenvalue weighted by Crippen LogP contribution is -2.45. The molecule has 0 amide bonds. The highest BCUT2D eigenvalue weighted by Crippen LogP contribution is 2.47. The number of rotatable bonds is 2. The summed E-state index contributed by atoms with van der Waals surface area (Å²) >= 11 is 6.31. The molecule has 0 unspecified atom stereocenters. The molecule has 27 heavy (non-hydrogen) atoms. The Bertz CT molecular complexity index is 870. The molecule has 0 aromatic heterocycles. The Hall–Kier alpha value is -2.00. The first-order chi connectivity index (χ1) is 13.2. The molecule has 1 saturated carbocycles. The van der Waals surface area contributed by atoms with Crippen LogP contribution in [-0.4, -0.2) is 16.9 Å². The third-order valence-corrected chi connectivity index (χ3v) is 6.45. The molecule has 5 rings (SSSR count). The van der Waals surface area contributed by atoms with Gasteiger partial charge < -0.3 is 4.74 Å². The summed E-state index contributed by atoms with van der Waals surface area (Å²) in [6, 6.07) is 14.9. The minimum absolute atomic E-state index is 0.0342. The van der Waals surface area contributed by atoms with Gasteiger partial charge in [-0.2, -0.15) is 5.10 Å². The molecule has 0 radical (unpaired) electrons. The van der Waals surface area contributed by atoms with Crippen LogP contribution >= 0.6 is 11.6 Å². The molecule has 2 heterocycles. The minimum Gasteiger partial charge on any atom is -0.468 e. The second kappa shape index (κ2) is 6.87. The summed E-state index contributed by atoms with van der Waals surface area (Å²) in [5.41, 5.74) is 4.80. The van der Waals surface area contributed by atoms with E-state index in [1.54, 1.807) is 0 Å². The highest BCUT2D eigenvalue weighted by Gasteiger charge is 2.43. The summed E-state index contributed by atoms with van der Waals surface area (Å²) in [5.74, 6) is 1.53. The molecule has 0 N–H and O–H groups in total. The van der Waals surface area contributed by atoms with Gasteiger partial charge in [-0.25, -0.2) is 5.01 Å². The van der Waals surface area contributed by atoms with Crippen LogP contribution in [0.3, 0.4) is 0 Å². The van der Waals surface area contributed by atoms with E-state index >= 15 is 0 Å². The van der Waals surface area contributed by atoms with Gasteiger partial charge in [-0.1, -0.05) is 60.7 Å². The number of fused-ring (bicyclic) bond motifs is 3. The Morgan fingerprint density at radius 2 is 1.81 bits per heavy atom. The Balaban J connectivity index is 1.53. The Morgan fingerprint density at radius 3 is 2.59 bits per heavy atom. The van der Waals surface area contributed by atoms with Gasteiger partial charge in [0.05, 0.1) is 11.8 Å². The van der Waals surface area contributed by atoms with E-state index in [2.05, 4.69) is 42.3 Å². The average Bonchev–Trinajstić information content (AvgIpc) is 3.14. The van der Waals surface area contributed by atoms with Crippen LogP contribution in [0.5, 0.6) is 5.75 Å². The van der Waals surface area contributed by atoms with E-state index in [1.165, 1.54) is 48.8 Å². The summed E-state index contributed by atoms with van der Waals surface area (Å²) in [5, 5.41) is 8.08. The molecule has 2 aromatic rings. The summed E-state index contributed by atoms with van der Waals surface area (Å²) in [7, 11) is 0. The Labute approximate surface area is 166 Å².